The Balaban J connectivity index is -0.0000000450. The molecule has 0 amide bonds. The second-order valence-corrected chi connectivity index (χ2v) is 0.981. The van der Waals surface area contributed by atoms with Gasteiger partial charge in [-0.25, -0.2) is 0 Å². The molecular formula is H4MoO3PV. The van der Waals surface area contributed by atoms with Crippen LogP contribution in [0.4, 0.5) is 0 Å². The third kappa shape index (κ3) is 60.0. The van der Waals surface area contributed by atoms with Gasteiger partial charge in [0.15, 0.2) is 0 Å². The monoisotopic (exact) mass is 232 g/mol. The molecule has 6 heteroatoms. The van der Waals surface area contributed by atoms with Crippen molar-refractivity contribution in [2.75, 3.05) is 0 Å². The van der Waals surface area contributed by atoms with E-state index < -0.39 is 15.4 Å². The first-order valence-corrected chi connectivity index (χ1v) is 2.33. The fourth-order valence-corrected chi connectivity index (χ4v) is 0. The molecule has 0 aromatic carbocycles. The number of hydrogen-bond acceptors (Lipinski definition) is 2. The molecule has 0 aromatic heterocycles. The average molecular weight is 230 g/mol. The first kappa shape index (κ1) is 15.7. The van der Waals surface area contributed by atoms with Gasteiger partial charge in [-0.1, -0.05) is 0 Å². The molecular weight excluding hydrogens is 226 g/mol. The number of rotatable bonds is 0. The van der Waals surface area contributed by atoms with Crippen LogP contribution < -0.4 is 0 Å². The standard InChI is InChI=1S/Mo.H2O.2O.H3P.V/h;1H2;;;1H3;/q;;;;;+1/p-1. The third-order valence-electron chi connectivity index (χ3n) is 0. The Morgan fingerprint density at radius 1 is 1.33 bits per heavy atom. The van der Waals surface area contributed by atoms with Crippen LogP contribution in [0, 0.1) is 0 Å². The van der Waals surface area contributed by atoms with Gasteiger partial charge in [0.05, 0.1) is 0 Å². The van der Waals surface area contributed by atoms with E-state index in [2.05, 4.69) is 0 Å². The summed E-state index contributed by atoms with van der Waals surface area (Å²) in [6, 6.07) is 0. The van der Waals surface area contributed by atoms with Crippen molar-refractivity contribution in [3.05, 3.63) is 0 Å². The molecule has 0 aliphatic heterocycles. The van der Waals surface area contributed by atoms with Crippen LogP contribution in [0.3, 0.4) is 0 Å². The Morgan fingerprint density at radius 2 is 1.33 bits per heavy atom. The molecule has 0 aromatic rings. The summed E-state index contributed by atoms with van der Waals surface area (Å²) in [5.74, 6) is 0. The topological polar surface area (TPSA) is 54.4 Å². The minimum absolute atomic E-state index is 0. The quantitative estimate of drug-likeness (QED) is 0.440. The molecule has 0 aliphatic carbocycles. The normalized spacial score (nSPS) is 4.17. The summed E-state index contributed by atoms with van der Waals surface area (Å²) in [5.41, 5.74) is 0. The Bertz CT molecular complexity index is 59.2. The first-order valence-electron chi connectivity index (χ1n) is 0.565. The van der Waals surface area contributed by atoms with Gasteiger partial charge in [0.2, 0.25) is 0 Å². The molecule has 0 spiro atoms. The molecule has 38 valence electrons. The van der Waals surface area contributed by atoms with Gasteiger partial charge >= 0.3 is 26.8 Å². The second-order valence-electron chi connectivity index (χ2n) is 0.238. The van der Waals surface area contributed by atoms with Crippen molar-refractivity contribution < 1.29 is 47.8 Å². The van der Waals surface area contributed by atoms with Crippen LogP contribution in [0.5, 0.6) is 0 Å². The van der Waals surface area contributed by atoms with E-state index in [-0.39, 0.29) is 31.0 Å². The van der Waals surface area contributed by atoms with Crippen LogP contribution in [-0.2, 0) is 43.8 Å². The Hall–Kier alpha value is 1.26. The van der Waals surface area contributed by atoms with Crippen LogP contribution in [0.25, 0.3) is 0 Å². The zero-order valence-corrected chi connectivity index (χ0v) is 7.64. The summed E-state index contributed by atoms with van der Waals surface area (Å²) in [4.78, 5) is 0. The van der Waals surface area contributed by atoms with Gasteiger partial charge in [0.1, 0.15) is 0 Å². The zero-order valence-electron chi connectivity index (χ0n) is 2.83. The van der Waals surface area contributed by atoms with Crippen LogP contribution in [-0.4, -0.2) is 4.03 Å². The van der Waals surface area contributed by atoms with E-state index in [0.717, 1.165) is 0 Å². The molecule has 0 rings (SSSR count). The van der Waals surface area contributed by atoms with E-state index in [0.29, 0.717) is 0 Å². The summed E-state index contributed by atoms with van der Waals surface area (Å²) < 4.78 is 24.4. The van der Waals surface area contributed by atoms with Crippen molar-refractivity contribution >= 4 is 9.90 Å². The van der Waals surface area contributed by atoms with Gasteiger partial charge < -0.3 is 0 Å². The van der Waals surface area contributed by atoms with Crippen LogP contribution >= 0.6 is 9.90 Å². The SMILES string of the molecule is P.[Mo].[O]=[V](=[O])[OH]. The average Bonchev–Trinajstić information content (AvgIpc) is 0.811. The van der Waals surface area contributed by atoms with E-state index >= 15 is 0 Å². The van der Waals surface area contributed by atoms with E-state index in [1.165, 1.54) is 0 Å². The molecule has 0 heterocycles. The summed E-state index contributed by atoms with van der Waals surface area (Å²) in [7, 11) is 0. The predicted molar refractivity (Wildman–Crippen MR) is 14.7 cm³/mol. The van der Waals surface area contributed by atoms with Crippen LogP contribution in [0.1, 0.15) is 0 Å². The van der Waals surface area contributed by atoms with E-state index in [9.17, 15) is 0 Å². The van der Waals surface area contributed by atoms with Crippen LogP contribution in [0.2, 0.25) is 0 Å². The molecule has 0 saturated heterocycles. The number of hydrogen-bond donors (Lipinski definition) is 1. The zero-order chi connectivity index (χ0) is 3.58. The molecule has 1 unspecified atom stereocenters. The van der Waals surface area contributed by atoms with Gasteiger partial charge in [-0.3, -0.25) is 0 Å². The van der Waals surface area contributed by atoms with E-state index in [1.54, 1.807) is 0 Å². The Kier molecular flexibility index (Phi) is 24.9. The molecule has 0 bridgehead atoms. The second kappa shape index (κ2) is 9.55. The Labute approximate surface area is 57.8 Å². The predicted octanol–water partition coefficient (Wildman–Crippen LogP) is -0.741. The maximum atomic E-state index is 8.67. The molecule has 0 aliphatic rings. The summed E-state index contributed by atoms with van der Waals surface area (Å²) in [6.45, 7) is 0. The molecule has 6 heavy (non-hydrogen) atoms. The Morgan fingerprint density at radius 3 is 1.33 bits per heavy atom. The summed E-state index contributed by atoms with van der Waals surface area (Å²) in [5, 5.41) is 0. The van der Waals surface area contributed by atoms with Gasteiger partial charge in [0, 0.05) is 21.1 Å². The summed E-state index contributed by atoms with van der Waals surface area (Å²) >= 11 is -3.69. The van der Waals surface area contributed by atoms with Crippen molar-refractivity contribution in [2.45, 2.75) is 0 Å². The minimum atomic E-state index is -3.69. The molecule has 3 nitrogen and oxygen atoms in total. The van der Waals surface area contributed by atoms with Crippen LogP contribution in [0.15, 0.2) is 0 Å². The third-order valence-corrected chi connectivity index (χ3v) is 0. The first-order chi connectivity index (χ1) is 1.73. The van der Waals surface area contributed by atoms with Crippen molar-refractivity contribution in [3.8, 4) is 0 Å². The van der Waals surface area contributed by atoms with E-state index in [4.69, 9.17) is 11.4 Å². The van der Waals surface area contributed by atoms with Gasteiger partial charge in [-0.15, -0.1) is 0 Å². The van der Waals surface area contributed by atoms with Gasteiger partial charge in [-0.05, 0) is 0 Å². The van der Waals surface area contributed by atoms with Crippen molar-refractivity contribution in [3.63, 3.8) is 0 Å². The molecule has 0 saturated carbocycles. The summed E-state index contributed by atoms with van der Waals surface area (Å²) in [6.07, 6.45) is 0. The maximum absolute atomic E-state index is 8.67. The van der Waals surface area contributed by atoms with Crippen molar-refractivity contribution in [2.24, 2.45) is 0 Å². The fraction of sp³-hybridized carbons (Fsp3) is 0. The fourth-order valence-electron chi connectivity index (χ4n) is 0. The molecule has 0 fully saturated rings. The molecule has 0 radical (unpaired) electrons. The molecule has 1 atom stereocenters. The van der Waals surface area contributed by atoms with E-state index in [1.807, 2.05) is 0 Å². The van der Waals surface area contributed by atoms with Crippen molar-refractivity contribution in [1.29, 1.82) is 0 Å². The van der Waals surface area contributed by atoms with Gasteiger partial charge in [-0.2, -0.15) is 9.90 Å². The molecule has 1 N–H and O–H groups in total. The van der Waals surface area contributed by atoms with Gasteiger partial charge in [0.25, 0.3) is 0 Å². The van der Waals surface area contributed by atoms with Crippen molar-refractivity contribution in [1.82, 2.24) is 0 Å².